The summed E-state index contributed by atoms with van der Waals surface area (Å²) in [6, 6.07) is -0.112. The van der Waals surface area contributed by atoms with Crippen molar-refractivity contribution >= 4 is 28.7 Å². The van der Waals surface area contributed by atoms with Gasteiger partial charge in [0, 0.05) is 12.3 Å². The SMILES string of the molecule is CC(C)C(=O)O[C@@H]1CC=C2C(C1)[C@H]1OC(C)(C)O[C@H]1[C@@H]2n1cnc2c(Cl)ncnc21. The highest BCUT2D eigenvalue weighted by Crippen LogP contribution is 2.53. The van der Waals surface area contributed by atoms with Crippen molar-refractivity contribution in [2.24, 2.45) is 11.8 Å². The van der Waals surface area contributed by atoms with E-state index < -0.39 is 5.79 Å². The molecule has 0 bridgehead atoms. The lowest BCUT2D eigenvalue weighted by atomic mass is 9.86. The Morgan fingerprint density at radius 3 is 2.80 bits per heavy atom. The first-order valence-corrected chi connectivity index (χ1v) is 10.7. The van der Waals surface area contributed by atoms with Crippen molar-refractivity contribution in [3.8, 4) is 0 Å². The zero-order valence-electron chi connectivity index (χ0n) is 17.4. The van der Waals surface area contributed by atoms with Crippen molar-refractivity contribution in [1.82, 2.24) is 19.5 Å². The van der Waals surface area contributed by atoms with E-state index in [9.17, 15) is 4.79 Å². The largest absolute Gasteiger partial charge is 0.462 e. The van der Waals surface area contributed by atoms with E-state index in [1.54, 1.807) is 6.33 Å². The Balaban J connectivity index is 1.53. The number of imidazole rings is 1. The van der Waals surface area contributed by atoms with Gasteiger partial charge in [0.2, 0.25) is 0 Å². The van der Waals surface area contributed by atoms with Gasteiger partial charge in [0.1, 0.15) is 24.1 Å². The number of fused-ring (bicyclic) bond motifs is 4. The fraction of sp³-hybridized carbons (Fsp3) is 0.619. The van der Waals surface area contributed by atoms with Crippen LogP contribution in [0.3, 0.4) is 0 Å². The molecule has 5 atom stereocenters. The molecule has 8 nitrogen and oxygen atoms in total. The average Bonchev–Trinajstić information content (AvgIpc) is 3.32. The van der Waals surface area contributed by atoms with Crippen molar-refractivity contribution in [2.75, 3.05) is 0 Å². The average molecular weight is 433 g/mol. The summed E-state index contributed by atoms with van der Waals surface area (Å²) >= 11 is 6.22. The summed E-state index contributed by atoms with van der Waals surface area (Å²) < 4.78 is 20.4. The first-order chi connectivity index (χ1) is 14.2. The second kappa shape index (κ2) is 7.00. The van der Waals surface area contributed by atoms with E-state index in [1.165, 1.54) is 11.9 Å². The second-order valence-corrected chi connectivity index (χ2v) is 9.35. The lowest BCUT2D eigenvalue weighted by molar-refractivity contribution is -0.161. The fourth-order valence-electron chi connectivity index (χ4n) is 4.90. The third-order valence-electron chi connectivity index (χ3n) is 6.14. The van der Waals surface area contributed by atoms with Crippen molar-refractivity contribution in [1.29, 1.82) is 0 Å². The number of nitrogens with zero attached hydrogens (tertiary/aromatic N) is 4. The molecule has 2 fully saturated rings. The number of carbonyl (C=O) groups is 1. The summed E-state index contributed by atoms with van der Waals surface area (Å²) in [6.07, 6.45) is 6.26. The number of halogens is 1. The predicted octanol–water partition coefficient (Wildman–Crippen LogP) is 3.46. The summed E-state index contributed by atoms with van der Waals surface area (Å²) in [5.74, 6) is -0.913. The molecule has 1 saturated carbocycles. The van der Waals surface area contributed by atoms with Gasteiger partial charge in [-0.25, -0.2) is 15.0 Å². The van der Waals surface area contributed by atoms with Gasteiger partial charge in [-0.3, -0.25) is 4.79 Å². The van der Waals surface area contributed by atoms with Crippen molar-refractivity contribution in [3.63, 3.8) is 0 Å². The van der Waals surface area contributed by atoms with Crippen LogP contribution in [0.2, 0.25) is 5.15 Å². The van der Waals surface area contributed by atoms with Crippen LogP contribution in [0.15, 0.2) is 24.3 Å². The fourth-order valence-corrected chi connectivity index (χ4v) is 5.08. The smallest absolute Gasteiger partial charge is 0.308 e. The summed E-state index contributed by atoms with van der Waals surface area (Å²) in [5, 5.41) is 0.326. The summed E-state index contributed by atoms with van der Waals surface area (Å²) in [6.45, 7) is 7.55. The highest BCUT2D eigenvalue weighted by Gasteiger charge is 2.58. The highest BCUT2D eigenvalue weighted by atomic mass is 35.5. The van der Waals surface area contributed by atoms with Gasteiger partial charge in [-0.2, -0.15) is 0 Å². The topological polar surface area (TPSA) is 88.4 Å². The van der Waals surface area contributed by atoms with Gasteiger partial charge >= 0.3 is 5.97 Å². The van der Waals surface area contributed by atoms with Crippen LogP contribution in [0.4, 0.5) is 0 Å². The quantitative estimate of drug-likeness (QED) is 0.417. The Hall–Kier alpha value is -2.03. The van der Waals surface area contributed by atoms with Crippen molar-refractivity contribution in [2.45, 2.75) is 70.7 Å². The minimum absolute atomic E-state index is 0.0928. The lowest BCUT2D eigenvalue weighted by Crippen LogP contribution is -2.32. The molecule has 160 valence electrons. The molecule has 1 unspecified atom stereocenters. The van der Waals surface area contributed by atoms with E-state index in [2.05, 4.69) is 21.0 Å². The number of aromatic nitrogens is 4. The van der Waals surface area contributed by atoms with E-state index >= 15 is 0 Å². The maximum absolute atomic E-state index is 12.1. The van der Waals surface area contributed by atoms with E-state index in [-0.39, 0.29) is 42.2 Å². The monoisotopic (exact) mass is 432 g/mol. The van der Waals surface area contributed by atoms with Crippen LogP contribution in [0.5, 0.6) is 0 Å². The molecule has 30 heavy (non-hydrogen) atoms. The van der Waals surface area contributed by atoms with Crippen LogP contribution in [-0.4, -0.2) is 49.6 Å². The number of hydrogen-bond donors (Lipinski definition) is 0. The van der Waals surface area contributed by atoms with Crippen LogP contribution in [0.1, 0.15) is 46.6 Å². The molecule has 9 heteroatoms. The number of hydrogen-bond acceptors (Lipinski definition) is 7. The van der Waals surface area contributed by atoms with Crippen LogP contribution in [0, 0.1) is 11.8 Å². The standard InChI is InChI=1S/C21H25ClN4O4/c1-10(2)20(27)28-11-5-6-12-13(7-11)16-17(30-21(3,4)29-16)15(12)26-9-25-14-18(22)23-8-24-19(14)26/h6,8-11,13,15-17H,5,7H2,1-4H3/t11-,13?,15-,16-,17+/m1/s1. The normalized spacial score (nSPS) is 32.2. The molecule has 2 aromatic rings. The first-order valence-electron chi connectivity index (χ1n) is 10.3. The zero-order valence-corrected chi connectivity index (χ0v) is 18.2. The molecular formula is C21H25ClN4O4. The number of carbonyl (C=O) groups excluding carboxylic acids is 1. The molecule has 0 radical (unpaired) electrons. The van der Waals surface area contributed by atoms with Crippen molar-refractivity contribution in [3.05, 3.63) is 29.5 Å². The van der Waals surface area contributed by atoms with Crippen LogP contribution >= 0.6 is 11.6 Å². The highest BCUT2D eigenvalue weighted by molar-refractivity contribution is 6.33. The van der Waals surface area contributed by atoms with Crippen LogP contribution in [0.25, 0.3) is 11.2 Å². The van der Waals surface area contributed by atoms with Gasteiger partial charge in [-0.15, -0.1) is 0 Å². The lowest BCUT2D eigenvalue weighted by Gasteiger charge is -2.31. The van der Waals surface area contributed by atoms with Crippen LogP contribution in [-0.2, 0) is 19.0 Å². The molecule has 2 aliphatic carbocycles. The molecule has 1 aliphatic heterocycles. The van der Waals surface area contributed by atoms with Gasteiger partial charge in [0.05, 0.1) is 24.4 Å². The molecule has 3 heterocycles. The van der Waals surface area contributed by atoms with E-state index in [0.29, 0.717) is 29.2 Å². The van der Waals surface area contributed by atoms with Gasteiger partial charge in [-0.1, -0.05) is 31.5 Å². The Bertz CT molecular complexity index is 1030. The van der Waals surface area contributed by atoms with E-state index in [4.69, 9.17) is 25.8 Å². The Kier molecular flexibility index (Phi) is 4.65. The van der Waals surface area contributed by atoms with Gasteiger partial charge in [0.15, 0.2) is 16.6 Å². The molecule has 1 saturated heterocycles. The number of ether oxygens (including phenoxy) is 3. The number of rotatable bonds is 3. The molecular weight excluding hydrogens is 408 g/mol. The summed E-state index contributed by atoms with van der Waals surface area (Å²) in [4.78, 5) is 25.0. The van der Waals surface area contributed by atoms with Crippen LogP contribution < -0.4 is 0 Å². The van der Waals surface area contributed by atoms with Crippen molar-refractivity contribution < 1.29 is 19.0 Å². The molecule has 5 rings (SSSR count). The third kappa shape index (κ3) is 3.13. The Labute approximate surface area is 179 Å². The predicted molar refractivity (Wildman–Crippen MR) is 109 cm³/mol. The van der Waals surface area contributed by atoms with Gasteiger partial charge in [-0.05, 0) is 25.8 Å². The number of esters is 1. The van der Waals surface area contributed by atoms with Gasteiger partial charge in [0.25, 0.3) is 0 Å². The Morgan fingerprint density at radius 1 is 1.27 bits per heavy atom. The Morgan fingerprint density at radius 2 is 2.03 bits per heavy atom. The second-order valence-electron chi connectivity index (χ2n) is 8.99. The summed E-state index contributed by atoms with van der Waals surface area (Å²) in [5.41, 5.74) is 2.45. The zero-order chi connectivity index (χ0) is 21.2. The van der Waals surface area contributed by atoms with E-state index in [0.717, 1.165) is 0 Å². The maximum Gasteiger partial charge on any atom is 0.308 e. The maximum atomic E-state index is 12.1. The minimum atomic E-state index is -0.691. The molecule has 3 aliphatic rings. The molecule has 0 aromatic carbocycles. The molecule has 2 aromatic heterocycles. The third-order valence-corrected chi connectivity index (χ3v) is 6.42. The molecule has 0 amide bonds. The molecule has 0 N–H and O–H groups in total. The minimum Gasteiger partial charge on any atom is -0.462 e. The van der Waals surface area contributed by atoms with E-state index in [1.807, 2.05) is 32.3 Å². The first kappa shape index (κ1) is 19.9. The summed E-state index contributed by atoms with van der Waals surface area (Å²) in [7, 11) is 0. The van der Waals surface area contributed by atoms with Gasteiger partial charge < -0.3 is 18.8 Å². The molecule has 0 spiro atoms.